The normalized spacial score (nSPS) is 8.93. The molecule has 0 saturated carbocycles. The Balaban J connectivity index is 2.88. The van der Waals surface area contributed by atoms with Crippen molar-refractivity contribution in [1.82, 2.24) is 4.98 Å². The molecule has 0 aliphatic carbocycles. The Morgan fingerprint density at radius 1 is 1.64 bits per heavy atom. The summed E-state index contributed by atoms with van der Waals surface area (Å²) in [6.07, 6.45) is 0.900. The van der Waals surface area contributed by atoms with Crippen LogP contribution in [0.4, 0.5) is 10.6 Å². The highest BCUT2D eigenvalue weighted by Crippen LogP contribution is 2.09. The topological polar surface area (TPSA) is 66.2 Å². The van der Waals surface area contributed by atoms with Gasteiger partial charge in [-0.3, -0.25) is 4.90 Å². The molecule has 5 nitrogen and oxygen atoms in total. The van der Waals surface area contributed by atoms with Gasteiger partial charge < -0.3 is 4.74 Å². The highest BCUT2D eigenvalue weighted by molar-refractivity contribution is 5.85. The molecule has 0 spiro atoms. The maximum absolute atomic E-state index is 11.1. The van der Waals surface area contributed by atoms with Crippen LogP contribution in [-0.4, -0.2) is 25.2 Å². The Bertz CT molecular complexity index is 367. The number of rotatable bonds is 1. The van der Waals surface area contributed by atoms with Crippen molar-refractivity contribution >= 4 is 11.9 Å². The number of hydrogen-bond donors (Lipinski definition) is 0. The molecule has 72 valence electrons. The van der Waals surface area contributed by atoms with Crippen LogP contribution in [0.5, 0.6) is 0 Å². The zero-order chi connectivity index (χ0) is 10.6. The standard InChI is InChI=1S/C9H9N3O2/c1-12(9(13)14-2)8-4-3-7(5-10)6-11-8/h3-4,6H,1-2H3. The Kier molecular flexibility index (Phi) is 3.02. The summed E-state index contributed by atoms with van der Waals surface area (Å²) < 4.78 is 4.50. The Morgan fingerprint density at radius 3 is 2.79 bits per heavy atom. The zero-order valence-electron chi connectivity index (χ0n) is 7.89. The highest BCUT2D eigenvalue weighted by Gasteiger charge is 2.10. The second kappa shape index (κ2) is 4.23. The first kappa shape index (κ1) is 9.99. The van der Waals surface area contributed by atoms with Crippen molar-refractivity contribution in [3.05, 3.63) is 23.9 Å². The Labute approximate surface area is 81.5 Å². The van der Waals surface area contributed by atoms with Crippen molar-refractivity contribution in [2.24, 2.45) is 0 Å². The first-order valence-electron chi connectivity index (χ1n) is 3.87. The summed E-state index contributed by atoms with van der Waals surface area (Å²) in [4.78, 5) is 16.2. The van der Waals surface area contributed by atoms with Crippen LogP contribution in [0, 0.1) is 11.3 Å². The van der Waals surface area contributed by atoms with E-state index in [1.165, 1.54) is 18.2 Å². The molecule has 0 fully saturated rings. The fraction of sp³-hybridized carbons (Fsp3) is 0.222. The van der Waals surface area contributed by atoms with E-state index in [1.807, 2.05) is 6.07 Å². The maximum atomic E-state index is 11.1. The molecule has 0 unspecified atom stereocenters. The molecule has 5 heteroatoms. The summed E-state index contributed by atoms with van der Waals surface area (Å²) in [5, 5.41) is 8.53. The summed E-state index contributed by atoms with van der Waals surface area (Å²) in [6.45, 7) is 0. The van der Waals surface area contributed by atoms with Crippen LogP contribution in [0.15, 0.2) is 18.3 Å². The Morgan fingerprint density at radius 2 is 2.36 bits per heavy atom. The third-order valence-electron chi connectivity index (χ3n) is 1.67. The van der Waals surface area contributed by atoms with E-state index in [-0.39, 0.29) is 0 Å². The molecule has 0 aliphatic heterocycles. The van der Waals surface area contributed by atoms with Crippen LogP contribution in [0.1, 0.15) is 5.56 Å². The summed E-state index contributed by atoms with van der Waals surface area (Å²) in [5.41, 5.74) is 0.451. The van der Waals surface area contributed by atoms with Gasteiger partial charge in [0, 0.05) is 13.2 Å². The fourth-order valence-electron chi connectivity index (χ4n) is 0.881. The van der Waals surface area contributed by atoms with E-state index in [2.05, 4.69) is 9.72 Å². The third-order valence-corrected chi connectivity index (χ3v) is 1.67. The van der Waals surface area contributed by atoms with Crippen LogP contribution in [0.2, 0.25) is 0 Å². The molecule has 0 radical (unpaired) electrons. The van der Waals surface area contributed by atoms with Crippen LogP contribution in [0.3, 0.4) is 0 Å². The molecule has 14 heavy (non-hydrogen) atoms. The molecule has 0 atom stereocenters. The number of methoxy groups -OCH3 is 1. The first-order valence-corrected chi connectivity index (χ1v) is 3.87. The number of nitrogens with zero attached hydrogens (tertiary/aromatic N) is 3. The van der Waals surface area contributed by atoms with Crippen molar-refractivity contribution in [2.45, 2.75) is 0 Å². The largest absolute Gasteiger partial charge is 0.452 e. The number of carbonyl (C=O) groups is 1. The van der Waals surface area contributed by atoms with Crippen LogP contribution < -0.4 is 4.90 Å². The number of carbonyl (C=O) groups excluding carboxylic acids is 1. The predicted molar refractivity (Wildman–Crippen MR) is 49.8 cm³/mol. The molecular formula is C9H9N3O2. The number of hydrogen-bond acceptors (Lipinski definition) is 4. The van der Waals surface area contributed by atoms with Gasteiger partial charge in [0.2, 0.25) is 0 Å². The van der Waals surface area contributed by atoms with Gasteiger partial charge in [0.05, 0.1) is 12.7 Å². The molecule has 0 aliphatic rings. The number of aromatic nitrogens is 1. The quantitative estimate of drug-likeness (QED) is 0.668. The van der Waals surface area contributed by atoms with Gasteiger partial charge in [-0.15, -0.1) is 0 Å². The minimum absolute atomic E-state index is 0.441. The summed E-state index contributed by atoms with van der Waals surface area (Å²) in [5.74, 6) is 0.441. The molecule has 0 N–H and O–H groups in total. The lowest BCUT2D eigenvalue weighted by molar-refractivity contribution is 0.180. The Hall–Kier alpha value is -2.09. The predicted octanol–water partition coefficient (Wildman–Crippen LogP) is 1.16. The highest BCUT2D eigenvalue weighted by atomic mass is 16.5. The molecule has 1 heterocycles. The first-order chi connectivity index (χ1) is 6.69. The van der Waals surface area contributed by atoms with E-state index in [1.54, 1.807) is 19.2 Å². The molecule has 1 amide bonds. The van der Waals surface area contributed by atoms with Gasteiger partial charge in [-0.25, -0.2) is 9.78 Å². The number of anilines is 1. The SMILES string of the molecule is COC(=O)N(C)c1ccc(C#N)cn1. The molecule has 1 aromatic rings. The minimum Gasteiger partial charge on any atom is -0.452 e. The minimum atomic E-state index is -0.498. The average Bonchev–Trinajstić information content (AvgIpc) is 2.27. The second-order valence-corrected chi connectivity index (χ2v) is 2.55. The number of pyridine rings is 1. The van der Waals surface area contributed by atoms with Crippen LogP contribution in [0.25, 0.3) is 0 Å². The third kappa shape index (κ3) is 1.98. The van der Waals surface area contributed by atoms with E-state index in [4.69, 9.17) is 5.26 Å². The lowest BCUT2D eigenvalue weighted by Crippen LogP contribution is -2.26. The second-order valence-electron chi connectivity index (χ2n) is 2.55. The number of ether oxygens (including phenoxy) is 1. The van der Waals surface area contributed by atoms with Gasteiger partial charge in [-0.2, -0.15) is 5.26 Å². The van der Waals surface area contributed by atoms with Crippen molar-refractivity contribution < 1.29 is 9.53 Å². The van der Waals surface area contributed by atoms with Gasteiger partial charge in [0.15, 0.2) is 0 Å². The summed E-state index contributed by atoms with van der Waals surface area (Å²) >= 11 is 0. The zero-order valence-corrected chi connectivity index (χ0v) is 7.89. The van der Waals surface area contributed by atoms with Crippen LogP contribution >= 0.6 is 0 Å². The molecule has 0 saturated heterocycles. The number of amides is 1. The van der Waals surface area contributed by atoms with E-state index >= 15 is 0 Å². The fourth-order valence-corrected chi connectivity index (χ4v) is 0.881. The van der Waals surface area contributed by atoms with Crippen molar-refractivity contribution in [3.8, 4) is 6.07 Å². The van der Waals surface area contributed by atoms with Crippen molar-refractivity contribution in [2.75, 3.05) is 19.1 Å². The molecule has 1 rings (SSSR count). The van der Waals surface area contributed by atoms with E-state index in [0.29, 0.717) is 11.4 Å². The monoisotopic (exact) mass is 191 g/mol. The van der Waals surface area contributed by atoms with E-state index in [0.717, 1.165) is 0 Å². The van der Waals surface area contributed by atoms with Gasteiger partial charge in [0.1, 0.15) is 11.9 Å². The van der Waals surface area contributed by atoms with E-state index < -0.39 is 6.09 Å². The molecular weight excluding hydrogens is 182 g/mol. The van der Waals surface area contributed by atoms with Gasteiger partial charge >= 0.3 is 6.09 Å². The smallest absolute Gasteiger partial charge is 0.414 e. The van der Waals surface area contributed by atoms with Crippen molar-refractivity contribution in [3.63, 3.8) is 0 Å². The van der Waals surface area contributed by atoms with E-state index in [9.17, 15) is 4.79 Å². The van der Waals surface area contributed by atoms with Gasteiger partial charge in [-0.05, 0) is 12.1 Å². The lowest BCUT2D eigenvalue weighted by Gasteiger charge is -2.13. The number of nitriles is 1. The summed E-state index contributed by atoms with van der Waals surface area (Å²) in [7, 11) is 2.84. The van der Waals surface area contributed by atoms with Crippen molar-refractivity contribution in [1.29, 1.82) is 5.26 Å². The maximum Gasteiger partial charge on any atom is 0.414 e. The van der Waals surface area contributed by atoms with Crippen LogP contribution in [-0.2, 0) is 4.74 Å². The lowest BCUT2D eigenvalue weighted by atomic mass is 10.3. The summed E-state index contributed by atoms with van der Waals surface area (Å²) in [6, 6.07) is 5.10. The van der Waals surface area contributed by atoms with Gasteiger partial charge in [0.25, 0.3) is 0 Å². The molecule has 1 aromatic heterocycles. The molecule has 0 aromatic carbocycles. The van der Waals surface area contributed by atoms with Gasteiger partial charge in [-0.1, -0.05) is 0 Å². The molecule has 0 bridgehead atoms. The average molecular weight is 191 g/mol.